The number of aromatic hydroxyl groups is 2. The van der Waals surface area contributed by atoms with Gasteiger partial charge in [0.2, 0.25) is 0 Å². The van der Waals surface area contributed by atoms with Gasteiger partial charge in [-0.15, -0.1) is 0 Å². The van der Waals surface area contributed by atoms with Crippen LogP contribution in [0.4, 0.5) is 0 Å². The molecular weight excluding hydrogens is 356 g/mol. The molecule has 0 aliphatic carbocycles. The molecule has 0 spiro atoms. The Labute approximate surface area is 164 Å². The summed E-state index contributed by atoms with van der Waals surface area (Å²) in [5.74, 6) is 1.79. The van der Waals surface area contributed by atoms with E-state index in [2.05, 4.69) is 6.92 Å². The van der Waals surface area contributed by atoms with Crippen LogP contribution in [0.2, 0.25) is 0 Å². The van der Waals surface area contributed by atoms with Crippen molar-refractivity contribution >= 4 is 0 Å². The van der Waals surface area contributed by atoms with E-state index < -0.39 is 0 Å². The summed E-state index contributed by atoms with van der Waals surface area (Å²) in [6, 6.07) is 16.0. The van der Waals surface area contributed by atoms with Crippen molar-refractivity contribution < 1.29 is 24.4 Å². The molecule has 0 amide bonds. The zero-order chi connectivity index (χ0) is 20.1. The Morgan fingerprint density at radius 2 is 1.46 bits per heavy atom. The average Bonchev–Trinajstić information content (AvgIpc) is 2.72. The number of hydrogen-bond donors (Lipinski definition) is 2. The van der Waals surface area contributed by atoms with Crippen molar-refractivity contribution in [1.82, 2.24) is 0 Å². The fraction of sp³-hybridized carbons (Fsp3) is 0.217. The van der Waals surface area contributed by atoms with Crippen molar-refractivity contribution in [2.24, 2.45) is 0 Å². The first-order valence-corrected chi connectivity index (χ1v) is 9.09. The van der Waals surface area contributed by atoms with Gasteiger partial charge in [0.05, 0.1) is 26.4 Å². The molecule has 5 heteroatoms. The van der Waals surface area contributed by atoms with E-state index in [1.165, 1.54) is 7.11 Å². The van der Waals surface area contributed by atoms with Crippen LogP contribution in [-0.4, -0.2) is 31.0 Å². The smallest absolute Gasteiger partial charge is 0.170 e. The summed E-state index contributed by atoms with van der Waals surface area (Å²) in [7, 11) is 3.07. The Kier molecular flexibility index (Phi) is 5.94. The lowest BCUT2D eigenvalue weighted by Crippen LogP contribution is -1.96. The van der Waals surface area contributed by atoms with Crippen molar-refractivity contribution in [2.45, 2.75) is 13.3 Å². The molecule has 0 saturated heterocycles. The minimum atomic E-state index is -0.00727. The summed E-state index contributed by atoms with van der Waals surface area (Å²) in [6.07, 6.45) is 0.937. The quantitative estimate of drug-likeness (QED) is 0.587. The third-order valence-electron chi connectivity index (χ3n) is 4.44. The molecule has 2 N–H and O–H groups in total. The van der Waals surface area contributed by atoms with Crippen LogP contribution in [0.5, 0.6) is 28.7 Å². The summed E-state index contributed by atoms with van der Waals surface area (Å²) in [4.78, 5) is 0. The van der Waals surface area contributed by atoms with Crippen LogP contribution in [-0.2, 0) is 0 Å². The largest absolute Gasteiger partial charge is 0.508 e. The Morgan fingerprint density at radius 1 is 0.821 bits per heavy atom. The maximum atomic E-state index is 11.0. The first-order valence-electron chi connectivity index (χ1n) is 9.09. The number of hydrogen-bond acceptors (Lipinski definition) is 5. The molecule has 5 nitrogen and oxygen atoms in total. The third kappa shape index (κ3) is 3.83. The normalized spacial score (nSPS) is 10.5. The average molecular weight is 380 g/mol. The topological polar surface area (TPSA) is 68.2 Å². The second-order valence-corrected chi connectivity index (χ2v) is 6.30. The van der Waals surface area contributed by atoms with Gasteiger partial charge in [-0.2, -0.15) is 0 Å². The summed E-state index contributed by atoms with van der Waals surface area (Å²) >= 11 is 0. The number of rotatable bonds is 7. The number of benzene rings is 3. The van der Waals surface area contributed by atoms with E-state index in [9.17, 15) is 10.2 Å². The van der Waals surface area contributed by atoms with Gasteiger partial charge in [-0.05, 0) is 47.9 Å². The van der Waals surface area contributed by atoms with Crippen LogP contribution in [0.15, 0.2) is 54.6 Å². The Bertz CT molecular complexity index is 931. The van der Waals surface area contributed by atoms with Crippen LogP contribution in [0.25, 0.3) is 22.3 Å². The van der Waals surface area contributed by atoms with Crippen LogP contribution in [0.3, 0.4) is 0 Å². The molecule has 3 aromatic carbocycles. The first kappa shape index (κ1) is 19.4. The van der Waals surface area contributed by atoms with Gasteiger partial charge < -0.3 is 24.4 Å². The summed E-state index contributed by atoms with van der Waals surface area (Å²) in [5, 5.41) is 20.5. The molecule has 0 saturated carbocycles. The Balaban J connectivity index is 2.10. The minimum absolute atomic E-state index is 0.00727. The highest BCUT2D eigenvalue weighted by Crippen LogP contribution is 2.49. The highest BCUT2D eigenvalue weighted by atomic mass is 16.5. The van der Waals surface area contributed by atoms with Crippen molar-refractivity contribution in [2.75, 3.05) is 20.8 Å². The number of methoxy groups -OCH3 is 2. The van der Waals surface area contributed by atoms with Gasteiger partial charge in [0.1, 0.15) is 17.2 Å². The van der Waals surface area contributed by atoms with Gasteiger partial charge >= 0.3 is 0 Å². The maximum absolute atomic E-state index is 11.0. The van der Waals surface area contributed by atoms with E-state index in [1.807, 2.05) is 30.3 Å². The zero-order valence-corrected chi connectivity index (χ0v) is 16.2. The number of phenols is 2. The molecule has 3 aromatic rings. The van der Waals surface area contributed by atoms with Crippen LogP contribution < -0.4 is 14.2 Å². The monoisotopic (exact) mass is 380 g/mol. The van der Waals surface area contributed by atoms with E-state index in [0.717, 1.165) is 23.3 Å². The molecule has 0 heterocycles. The molecule has 0 aliphatic rings. The first-order chi connectivity index (χ1) is 13.6. The van der Waals surface area contributed by atoms with E-state index >= 15 is 0 Å². The zero-order valence-electron chi connectivity index (χ0n) is 16.2. The molecule has 0 atom stereocenters. The molecule has 0 aromatic heterocycles. The van der Waals surface area contributed by atoms with Gasteiger partial charge in [0.15, 0.2) is 11.5 Å². The van der Waals surface area contributed by atoms with Crippen molar-refractivity contribution in [3.05, 3.63) is 54.6 Å². The number of ether oxygens (including phenoxy) is 3. The highest BCUT2D eigenvalue weighted by molar-refractivity contribution is 5.87. The lowest BCUT2D eigenvalue weighted by atomic mass is 9.96. The highest BCUT2D eigenvalue weighted by Gasteiger charge is 2.21. The Morgan fingerprint density at radius 3 is 2.04 bits per heavy atom. The van der Waals surface area contributed by atoms with Gasteiger partial charge in [-0.25, -0.2) is 0 Å². The molecule has 146 valence electrons. The summed E-state index contributed by atoms with van der Waals surface area (Å²) in [6.45, 7) is 2.71. The molecule has 0 bridgehead atoms. The van der Waals surface area contributed by atoms with Gasteiger partial charge in [-0.3, -0.25) is 0 Å². The van der Waals surface area contributed by atoms with Gasteiger partial charge in [0.25, 0.3) is 0 Å². The lowest BCUT2D eigenvalue weighted by Gasteiger charge is -2.18. The Hall–Kier alpha value is -3.34. The van der Waals surface area contributed by atoms with Gasteiger partial charge in [-0.1, -0.05) is 31.2 Å². The van der Waals surface area contributed by atoms with Crippen LogP contribution in [0.1, 0.15) is 13.3 Å². The minimum Gasteiger partial charge on any atom is -0.508 e. The molecule has 0 aliphatic heterocycles. The lowest BCUT2D eigenvalue weighted by molar-refractivity contribution is 0.317. The summed E-state index contributed by atoms with van der Waals surface area (Å²) < 4.78 is 16.7. The second kappa shape index (κ2) is 8.57. The van der Waals surface area contributed by atoms with Crippen LogP contribution >= 0.6 is 0 Å². The maximum Gasteiger partial charge on any atom is 0.170 e. The van der Waals surface area contributed by atoms with Gasteiger partial charge in [0, 0.05) is 5.56 Å². The fourth-order valence-electron chi connectivity index (χ4n) is 3.07. The van der Waals surface area contributed by atoms with E-state index in [-0.39, 0.29) is 11.5 Å². The SMILES string of the molecule is CCCOc1ccc(-c2c(OC)cc(-c3ccc(O)cc3)c(OC)c2O)cc1. The van der Waals surface area contributed by atoms with E-state index in [1.54, 1.807) is 31.4 Å². The fourth-order valence-corrected chi connectivity index (χ4v) is 3.07. The van der Waals surface area contributed by atoms with E-state index in [0.29, 0.717) is 29.2 Å². The van der Waals surface area contributed by atoms with Crippen LogP contribution in [0, 0.1) is 0 Å². The molecule has 3 rings (SSSR count). The third-order valence-corrected chi connectivity index (χ3v) is 4.44. The predicted octanol–water partition coefficient (Wildman–Crippen LogP) is 5.24. The van der Waals surface area contributed by atoms with E-state index in [4.69, 9.17) is 14.2 Å². The molecule has 0 unspecified atom stereocenters. The van der Waals surface area contributed by atoms with Crippen molar-refractivity contribution in [3.8, 4) is 51.0 Å². The molecule has 28 heavy (non-hydrogen) atoms. The predicted molar refractivity (Wildman–Crippen MR) is 110 cm³/mol. The van der Waals surface area contributed by atoms with Crippen molar-refractivity contribution in [3.63, 3.8) is 0 Å². The molecule has 0 fully saturated rings. The summed E-state index contributed by atoms with van der Waals surface area (Å²) in [5.41, 5.74) is 2.79. The number of phenolic OH excluding ortho intramolecular Hbond substituents is 2. The second-order valence-electron chi connectivity index (χ2n) is 6.30. The van der Waals surface area contributed by atoms with Crippen molar-refractivity contribution in [1.29, 1.82) is 0 Å². The molecule has 0 radical (unpaired) electrons. The standard InChI is InChI=1S/C23H24O5/c1-4-13-28-18-11-7-16(8-12-18)21-20(26-2)14-19(23(27-3)22(21)25)15-5-9-17(24)10-6-15/h5-12,14,24-25H,4,13H2,1-3H3. The molecular formula is C23H24O5.